The van der Waals surface area contributed by atoms with Crippen molar-refractivity contribution < 1.29 is 9.59 Å². The van der Waals surface area contributed by atoms with Crippen LogP contribution in [0.2, 0.25) is 5.02 Å². The molecule has 1 saturated heterocycles. The summed E-state index contributed by atoms with van der Waals surface area (Å²) in [4.78, 5) is 36.0. The van der Waals surface area contributed by atoms with Crippen LogP contribution in [0.25, 0.3) is 11.0 Å². The highest BCUT2D eigenvalue weighted by Gasteiger charge is 2.24. The maximum absolute atomic E-state index is 12.9. The molecule has 1 amide bonds. The number of imidazole rings is 1. The Bertz CT molecular complexity index is 1410. The third kappa shape index (κ3) is 5.57. The van der Waals surface area contributed by atoms with E-state index in [4.69, 9.17) is 16.6 Å². The number of nitrogens with one attached hydrogen (secondary N) is 2. The molecule has 1 aliphatic heterocycles. The smallest absolute Gasteiger partial charge is 0.272 e. The molecule has 0 radical (unpaired) electrons. The summed E-state index contributed by atoms with van der Waals surface area (Å²) in [7, 11) is 1.73. The summed E-state index contributed by atoms with van der Waals surface area (Å²) in [6.45, 7) is 2.45. The number of halogens is 2. The Balaban J connectivity index is 1.12. The first-order valence-corrected chi connectivity index (χ1v) is 13.5. The van der Waals surface area contributed by atoms with Crippen LogP contribution in [-0.2, 0) is 13.5 Å². The Kier molecular flexibility index (Phi) is 7.62. The van der Waals surface area contributed by atoms with Crippen LogP contribution in [0.15, 0.2) is 53.0 Å². The van der Waals surface area contributed by atoms with Crippen LogP contribution in [0, 0.1) is 5.92 Å². The number of rotatable bonds is 8. The summed E-state index contributed by atoms with van der Waals surface area (Å²) in [6, 6.07) is 15.0. The second-order valence-corrected chi connectivity index (χ2v) is 10.6. The van der Waals surface area contributed by atoms with Crippen LogP contribution in [0.1, 0.15) is 45.8 Å². The van der Waals surface area contributed by atoms with E-state index < -0.39 is 0 Å². The number of carbonyl (C=O) groups is 2. The van der Waals surface area contributed by atoms with Crippen LogP contribution in [-0.4, -0.2) is 51.1 Å². The van der Waals surface area contributed by atoms with Crippen molar-refractivity contribution in [3.8, 4) is 0 Å². The van der Waals surface area contributed by atoms with E-state index in [0.29, 0.717) is 33.2 Å². The molecule has 1 fully saturated rings. The normalized spacial score (nSPS) is 14.3. The highest BCUT2D eigenvalue weighted by Crippen LogP contribution is 2.26. The fraction of sp³-hybridized carbons (Fsp3) is 0.333. The Morgan fingerprint density at radius 3 is 2.62 bits per heavy atom. The average molecular weight is 584 g/mol. The number of nitrogens with zero attached hydrogens (tertiary/aromatic N) is 4. The molecule has 0 saturated carbocycles. The average Bonchev–Trinajstić information content (AvgIpc) is 3.46. The van der Waals surface area contributed by atoms with Gasteiger partial charge in [-0.3, -0.25) is 14.3 Å². The number of amides is 1. The van der Waals surface area contributed by atoms with Gasteiger partial charge in [-0.1, -0.05) is 35.9 Å². The molecule has 10 heteroatoms. The number of anilines is 1. The summed E-state index contributed by atoms with van der Waals surface area (Å²) in [5, 5.41) is 7.77. The van der Waals surface area contributed by atoms with Gasteiger partial charge in [0.2, 0.25) is 5.95 Å². The van der Waals surface area contributed by atoms with Gasteiger partial charge in [-0.05, 0) is 65.4 Å². The fourth-order valence-electron chi connectivity index (χ4n) is 4.80. The first-order valence-electron chi connectivity index (χ1n) is 12.4. The second-order valence-electron chi connectivity index (χ2n) is 9.37. The molecular weight excluding hydrogens is 556 g/mol. The second kappa shape index (κ2) is 11.1. The van der Waals surface area contributed by atoms with E-state index in [9.17, 15) is 9.59 Å². The lowest BCUT2D eigenvalue weighted by Gasteiger charge is -2.31. The van der Waals surface area contributed by atoms with E-state index in [1.54, 1.807) is 36.0 Å². The van der Waals surface area contributed by atoms with Crippen molar-refractivity contribution in [1.29, 1.82) is 0 Å². The van der Waals surface area contributed by atoms with Gasteiger partial charge in [-0.2, -0.15) is 5.10 Å². The van der Waals surface area contributed by atoms with E-state index in [1.165, 1.54) is 0 Å². The third-order valence-corrected chi connectivity index (χ3v) is 8.11. The van der Waals surface area contributed by atoms with E-state index in [0.717, 1.165) is 49.3 Å². The first kappa shape index (κ1) is 25.5. The maximum Gasteiger partial charge on any atom is 0.272 e. The molecule has 4 aromatic rings. The number of fused-ring (bicyclic) bond motifs is 1. The number of aryl methyl sites for hydroxylation is 1. The first-order chi connectivity index (χ1) is 17.9. The van der Waals surface area contributed by atoms with Crippen molar-refractivity contribution in [2.24, 2.45) is 13.0 Å². The standard InChI is InChI=1S/C27H28BrClN6O2/c1-34-22(16-23(36)18-6-2-3-7-19(18)29)24(28)25(33-34)26(37)30-13-10-17-11-14-35(15-12-17)27-31-20-8-4-5-9-21(20)32-27/h2-9,17H,10-16H2,1H3,(H,30,37)(H,31,32). The van der Waals surface area contributed by atoms with Crippen LogP contribution in [0.5, 0.6) is 0 Å². The van der Waals surface area contributed by atoms with Crippen LogP contribution >= 0.6 is 27.5 Å². The number of benzene rings is 2. The van der Waals surface area contributed by atoms with E-state index in [1.807, 2.05) is 24.3 Å². The lowest BCUT2D eigenvalue weighted by molar-refractivity contribution is 0.0942. The minimum absolute atomic E-state index is 0.0882. The number of H-pyrrole nitrogens is 1. The quantitative estimate of drug-likeness (QED) is 0.279. The Morgan fingerprint density at radius 2 is 1.86 bits per heavy atom. The molecule has 0 aliphatic carbocycles. The zero-order valence-corrected chi connectivity index (χ0v) is 22.8. The molecule has 2 N–H and O–H groups in total. The lowest BCUT2D eigenvalue weighted by atomic mass is 9.94. The monoisotopic (exact) mass is 582 g/mol. The summed E-state index contributed by atoms with van der Waals surface area (Å²) < 4.78 is 2.11. The molecule has 3 heterocycles. The van der Waals surface area contributed by atoms with E-state index >= 15 is 0 Å². The van der Waals surface area contributed by atoms with Gasteiger partial charge >= 0.3 is 0 Å². The number of ketones is 1. The summed E-state index contributed by atoms with van der Waals surface area (Å²) >= 11 is 9.66. The number of para-hydroxylation sites is 2. The van der Waals surface area contributed by atoms with Gasteiger partial charge < -0.3 is 15.2 Å². The van der Waals surface area contributed by atoms with Crippen LogP contribution < -0.4 is 10.2 Å². The zero-order valence-electron chi connectivity index (χ0n) is 20.5. The van der Waals surface area contributed by atoms with Gasteiger partial charge in [0.15, 0.2) is 11.5 Å². The Hall–Kier alpha value is -3.17. The minimum atomic E-state index is -0.251. The van der Waals surface area contributed by atoms with Gasteiger partial charge in [0.1, 0.15) is 0 Å². The Labute approximate surface area is 228 Å². The lowest BCUT2D eigenvalue weighted by Crippen LogP contribution is -2.36. The number of aromatic nitrogens is 4. The molecule has 1 aliphatic rings. The molecule has 0 atom stereocenters. The summed E-state index contributed by atoms with van der Waals surface area (Å²) in [5.74, 6) is 1.09. The van der Waals surface area contributed by atoms with Crippen molar-refractivity contribution in [1.82, 2.24) is 25.1 Å². The molecule has 37 heavy (non-hydrogen) atoms. The molecule has 2 aromatic heterocycles. The highest BCUT2D eigenvalue weighted by atomic mass is 79.9. The van der Waals surface area contributed by atoms with Gasteiger partial charge in [0.05, 0.1) is 32.6 Å². The molecule has 0 unspecified atom stereocenters. The Morgan fingerprint density at radius 1 is 1.14 bits per heavy atom. The predicted octanol–water partition coefficient (Wildman–Crippen LogP) is 5.17. The molecule has 2 aromatic carbocycles. The SMILES string of the molecule is Cn1nc(C(=O)NCCC2CCN(c3nc4ccccc4[nH]3)CC2)c(Br)c1CC(=O)c1ccccc1Cl. The number of hydrogen-bond acceptors (Lipinski definition) is 5. The molecular formula is C27H28BrClN6O2. The molecule has 0 spiro atoms. The third-order valence-electron chi connectivity index (χ3n) is 6.95. The van der Waals surface area contributed by atoms with Crippen molar-refractivity contribution in [3.05, 3.63) is 75.0 Å². The summed E-state index contributed by atoms with van der Waals surface area (Å²) in [5.41, 5.74) is 3.41. The van der Waals surface area contributed by atoms with Gasteiger partial charge in [0.25, 0.3) is 5.91 Å². The topological polar surface area (TPSA) is 95.9 Å². The molecule has 0 bridgehead atoms. The largest absolute Gasteiger partial charge is 0.351 e. The molecule has 192 valence electrons. The van der Waals surface area contributed by atoms with Crippen LogP contribution in [0.3, 0.4) is 0 Å². The number of aromatic amines is 1. The van der Waals surface area contributed by atoms with Crippen molar-refractivity contribution >= 4 is 56.2 Å². The van der Waals surface area contributed by atoms with Crippen molar-refractivity contribution in [2.45, 2.75) is 25.7 Å². The molecule has 8 nitrogen and oxygen atoms in total. The van der Waals surface area contributed by atoms with Crippen molar-refractivity contribution in [3.63, 3.8) is 0 Å². The number of hydrogen-bond donors (Lipinski definition) is 2. The number of Topliss-reactive ketones (excluding diaryl/α,β-unsaturated/α-hetero) is 1. The van der Waals surface area contributed by atoms with Crippen LogP contribution in [0.4, 0.5) is 5.95 Å². The predicted molar refractivity (Wildman–Crippen MR) is 148 cm³/mol. The van der Waals surface area contributed by atoms with Gasteiger partial charge in [-0.15, -0.1) is 0 Å². The number of carbonyl (C=O) groups excluding carboxylic acids is 2. The zero-order chi connectivity index (χ0) is 25.9. The maximum atomic E-state index is 12.9. The minimum Gasteiger partial charge on any atom is -0.351 e. The van der Waals surface area contributed by atoms with E-state index in [-0.39, 0.29) is 23.8 Å². The highest BCUT2D eigenvalue weighted by molar-refractivity contribution is 9.10. The summed E-state index contributed by atoms with van der Waals surface area (Å²) in [6.07, 6.45) is 3.09. The number of piperidine rings is 1. The van der Waals surface area contributed by atoms with Crippen molar-refractivity contribution in [2.75, 3.05) is 24.5 Å². The molecule has 5 rings (SSSR count). The van der Waals surface area contributed by atoms with E-state index in [2.05, 4.69) is 36.2 Å². The fourth-order valence-corrected chi connectivity index (χ4v) is 5.70. The van der Waals surface area contributed by atoms with Gasteiger partial charge in [0, 0.05) is 32.2 Å². The van der Waals surface area contributed by atoms with Gasteiger partial charge in [-0.25, -0.2) is 4.98 Å².